The lowest BCUT2D eigenvalue weighted by atomic mass is 10.2. The van der Waals surface area contributed by atoms with E-state index in [1.165, 1.54) is 11.8 Å². The third kappa shape index (κ3) is 5.16. The summed E-state index contributed by atoms with van der Waals surface area (Å²) in [5.41, 5.74) is 4.72. The molecule has 6 heteroatoms. The van der Waals surface area contributed by atoms with E-state index in [4.69, 9.17) is 9.47 Å². The molecule has 0 spiro atoms. The second-order valence-corrected chi connectivity index (χ2v) is 6.55. The zero-order valence-electron chi connectivity index (χ0n) is 17.1. The van der Waals surface area contributed by atoms with Crippen LogP contribution < -0.4 is 9.47 Å². The highest BCUT2D eigenvalue weighted by molar-refractivity contribution is 8.02. The van der Waals surface area contributed by atoms with Crippen molar-refractivity contribution in [3.05, 3.63) is 65.0 Å². The minimum Gasteiger partial charge on any atom is -0.497 e. The first-order chi connectivity index (χ1) is 13.6. The number of methoxy groups -OCH3 is 1. The quantitative estimate of drug-likeness (QED) is 0.289. The van der Waals surface area contributed by atoms with Crippen molar-refractivity contribution in [2.24, 2.45) is 4.99 Å². The molecule has 0 saturated carbocycles. The third-order valence-corrected chi connectivity index (χ3v) is 4.55. The fraction of sp³-hybridized carbons (Fsp3) is 0.273. The van der Waals surface area contributed by atoms with Gasteiger partial charge in [-0.3, -0.25) is 9.39 Å². The minimum absolute atomic E-state index is 0.472. The van der Waals surface area contributed by atoms with Crippen LogP contribution in [0.15, 0.2) is 53.0 Å². The number of rotatable bonds is 7. The van der Waals surface area contributed by atoms with E-state index in [-0.39, 0.29) is 0 Å². The highest BCUT2D eigenvalue weighted by Gasteiger charge is 2.12. The fourth-order valence-corrected chi connectivity index (χ4v) is 3.25. The van der Waals surface area contributed by atoms with Gasteiger partial charge in [0, 0.05) is 11.6 Å². The average Bonchev–Trinajstić information content (AvgIpc) is 3.05. The fourth-order valence-electron chi connectivity index (χ4n) is 2.63. The van der Waals surface area contributed by atoms with Gasteiger partial charge in [0.15, 0.2) is 0 Å². The Hall–Kier alpha value is -2.73. The molecule has 28 heavy (non-hydrogen) atoms. The number of hydrogen-bond acceptors (Lipinski definition) is 5. The summed E-state index contributed by atoms with van der Waals surface area (Å²) in [5, 5.41) is 1.95. The van der Waals surface area contributed by atoms with Crippen LogP contribution in [0.3, 0.4) is 0 Å². The van der Waals surface area contributed by atoms with Gasteiger partial charge in [0.05, 0.1) is 24.2 Å². The lowest BCUT2D eigenvalue weighted by molar-refractivity contribution is 0.389. The molecular weight excluding hydrogens is 370 g/mol. The largest absolute Gasteiger partial charge is 0.497 e. The van der Waals surface area contributed by atoms with E-state index in [2.05, 4.69) is 34.2 Å². The van der Waals surface area contributed by atoms with Gasteiger partial charge in [0.1, 0.15) is 23.1 Å². The van der Waals surface area contributed by atoms with E-state index in [1.807, 2.05) is 62.6 Å². The van der Waals surface area contributed by atoms with Crippen LogP contribution in [0.2, 0.25) is 0 Å². The predicted molar refractivity (Wildman–Crippen MR) is 120 cm³/mol. The van der Waals surface area contributed by atoms with Crippen molar-refractivity contribution in [3.8, 4) is 11.5 Å². The first kappa shape index (κ1) is 21.6. The highest BCUT2D eigenvalue weighted by atomic mass is 32.2. The number of pyridine rings is 1. The van der Waals surface area contributed by atoms with Gasteiger partial charge in [-0.05, 0) is 56.5 Å². The zero-order valence-corrected chi connectivity index (χ0v) is 17.9. The summed E-state index contributed by atoms with van der Waals surface area (Å²) in [6.07, 6.45) is 2.06. The zero-order chi connectivity index (χ0) is 20.5. The van der Waals surface area contributed by atoms with E-state index < -0.39 is 0 Å². The van der Waals surface area contributed by atoms with E-state index >= 15 is 0 Å². The van der Waals surface area contributed by atoms with Gasteiger partial charge in [-0.15, -0.1) is 0 Å². The molecule has 0 aliphatic carbocycles. The van der Waals surface area contributed by atoms with Gasteiger partial charge in [-0.2, -0.15) is 0 Å². The monoisotopic (exact) mass is 397 g/mol. The summed E-state index contributed by atoms with van der Waals surface area (Å²) in [6, 6.07) is 11.6. The Balaban J connectivity index is 0.00000136. The molecule has 0 saturated heterocycles. The number of imidazole rings is 1. The number of thioether (sulfide) groups is 1. The number of aliphatic imine (C=N–C) groups is 1. The lowest BCUT2D eigenvalue weighted by Crippen LogP contribution is -1.95. The third-order valence-electron chi connectivity index (χ3n) is 3.90. The Labute approximate surface area is 171 Å². The van der Waals surface area contributed by atoms with Crippen LogP contribution in [0, 0.1) is 13.8 Å². The Kier molecular flexibility index (Phi) is 8.14. The number of aryl methyl sites for hydroxylation is 2. The van der Waals surface area contributed by atoms with Crippen LogP contribution in [0.4, 0.5) is 0 Å². The molecule has 0 fully saturated rings. The van der Waals surface area contributed by atoms with Gasteiger partial charge in [0.2, 0.25) is 0 Å². The van der Waals surface area contributed by atoms with E-state index in [0.717, 1.165) is 39.8 Å². The SMILES string of the molecule is C=N/C(=C\SCOc1ccc(OC)cc1)c1c(C)nc2ccc(C)cn12.CC. The first-order valence-electron chi connectivity index (χ1n) is 9.13. The van der Waals surface area contributed by atoms with Gasteiger partial charge in [-0.25, -0.2) is 4.98 Å². The summed E-state index contributed by atoms with van der Waals surface area (Å²) in [7, 11) is 1.64. The molecule has 5 nitrogen and oxygen atoms in total. The van der Waals surface area contributed by atoms with Crippen LogP contribution in [0.25, 0.3) is 11.3 Å². The number of nitrogens with zero attached hydrogens (tertiary/aromatic N) is 3. The smallest absolute Gasteiger partial charge is 0.138 e. The van der Waals surface area contributed by atoms with Crippen molar-refractivity contribution in [1.82, 2.24) is 9.38 Å². The Bertz CT molecular complexity index is 946. The molecule has 0 aliphatic rings. The Morgan fingerprint density at radius 3 is 2.46 bits per heavy atom. The molecule has 3 aromatic rings. The molecule has 1 aromatic carbocycles. The number of aromatic nitrogens is 2. The summed E-state index contributed by atoms with van der Waals surface area (Å²) < 4.78 is 12.9. The molecule has 2 aromatic heterocycles. The van der Waals surface area contributed by atoms with Crippen LogP contribution in [-0.4, -0.2) is 29.2 Å². The second kappa shape index (κ2) is 10.6. The summed E-state index contributed by atoms with van der Waals surface area (Å²) in [5.74, 6) is 2.07. The molecule has 2 heterocycles. The maximum Gasteiger partial charge on any atom is 0.138 e. The van der Waals surface area contributed by atoms with E-state index in [0.29, 0.717) is 5.94 Å². The predicted octanol–water partition coefficient (Wildman–Crippen LogP) is 5.75. The summed E-state index contributed by atoms with van der Waals surface area (Å²) in [6.45, 7) is 11.8. The van der Waals surface area contributed by atoms with Gasteiger partial charge < -0.3 is 9.47 Å². The Morgan fingerprint density at radius 1 is 1.14 bits per heavy atom. The first-order valence-corrected chi connectivity index (χ1v) is 10.2. The molecular formula is C22H27N3O2S. The molecule has 3 rings (SSSR count). The van der Waals surface area contributed by atoms with E-state index in [9.17, 15) is 0 Å². The van der Waals surface area contributed by atoms with Crippen molar-refractivity contribution >= 4 is 29.8 Å². The topological polar surface area (TPSA) is 48.1 Å². The van der Waals surface area contributed by atoms with E-state index in [1.54, 1.807) is 7.11 Å². The number of fused-ring (bicyclic) bond motifs is 1. The number of hydrogen-bond donors (Lipinski definition) is 0. The van der Waals surface area contributed by atoms with Crippen molar-refractivity contribution in [2.45, 2.75) is 27.7 Å². The summed E-state index contributed by atoms with van der Waals surface area (Å²) in [4.78, 5) is 8.79. The Morgan fingerprint density at radius 2 is 1.82 bits per heavy atom. The maximum absolute atomic E-state index is 5.73. The molecule has 0 atom stereocenters. The van der Waals surface area contributed by atoms with Crippen molar-refractivity contribution in [3.63, 3.8) is 0 Å². The number of benzene rings is 1. The minimum atomic E-state index is 0.472. The maximum atomic E-state index is 5.73. The molecule has 0 bridgehead atoms. The molecule has 0 N–H and O–H groups in total. The van der Waals surface area contributed by atoms with Crippen molar-refractivity contribution < 1.29 is 9.47 Å². The van der Waals surface area contributed by atoms with Crippen LogP contribution in [-0.2, 0) is 0 Å². The average molecular weight is 398 g/mol. The highest BCUT2D eigenvalue weighted by Crippen LogP contribution is 2.25. The summed E-state index contributed by atoms with van der Waals surface area (Å²) >= 11 is 1.52. The van der Waals surface area contributed by atoms with Crippen molar-refractivity contribution in [1.29, 1.82) is 0 Å². The van der Waals surface area contributed by atoms with Gasteiger partial charge in [0.25, 0.3) is 0 Å². The molecule has 0 amide bonds. The second-order valence-electron chi connectivity index (χ2n) is 5.75. The molecule has 0 unspecified atom stereocenters. The molecule has 0 radical (unpaired) electrons. The lowest BCUT2D eigenvalue weighted by Gasteiger charge is -2.07. The van der Waals surface area contributed by atoms with Crippen LogP contribution >= 0.6 is 11.8 Å². The standard InChI is InChI=1S/C20H21N3O2S.C2H6/c1-14-5-10-19-22-15(2)20(23(19)11-14)18(21-3)12-26-13-25-17-8-6-16(24-4)7-9-17;1-2/h5-12H,3,13H2,1-2,4H3;1-2H3/b18-12-;. The van der Waals surface area contributed by atoms with Crippen molar-refractivity contribution in [2.75, 3.05) is 13.0 Å². The van der Waals surface area contributed by atoms with Crippen LogP contribution in [0.1, 0.15) is 30.8 Å². The number of ether oxygens (including phenoxy) is 2. The molecule has 0 aliphatic heterocycles. The van der Waals surface area contributed by atoms with Crippen LogP contribution in [0.5, 0.6) is 11.5 Å². The normalized spacial score (nSPS) is 11.0. The molecule has 148 valence electrons. The van der Waals surface area contributed by atoms with Gasteiger partial charge >= 0.3 is 0 Å². The van der Waals surface area contributed by atoms with Gasteiger partial charge in [-0.1, -0.05) is 31.7 Å².